The zero-order valence-corrected chi connectivity index (χ0v) is 24.9. The van der Waals surface area contributed by atoms with Crippen LogP contribution in [0.3, 0.4) is 0 Å². The Kier molecular flexibility index (Phi) is 7.84. The average molecular weight is 601 g/mol. The molecule has 5 aromatic rings. The first kappa shape index (κ1) is 28.4. The van der Waals surface area contributed by atoms with E-state index in [1.165, 1.54) is 18.4 Å². The number of methoxy groups -OCH3 is 1. The quantitative estimate of drug-likeness (QED) is 0.220. The zero-order valence-electron chi connectivity index (χ0n) is 24.0. The lowest BCUT2D eigenvalue weighted by Gasteiger charge is -2.29. The van der Waals surface area contributed by atoms with Crippen molar-refractivity contribution in [3.63, 3.8) is 0 Å². The summed E-state index contributed by atoms with van der Waals surface area (Å²) in [5.74, 6) is 1.34. The van der Waals surface area contributed by atoms with E-state index in [2.05, 4.69) is 25.5 Å². The lowest BCUT2D eigenvalue weighted by Crippen LogP contribution is -2.36. The van der Waals surface area contributed by atoms with Gasteiger partial charge >= 0.3 is 0 Å². The standard InChI is InChI=1S/C30H32N8O4S/c1-37(2)43(39,40)26-9-5-4-8-24(26)33-29-27-22(20-7-6-12-31-18-20)19-32-28(27)35-30(36-29)34-23-11-10-21(17-25(23)41-3)38-13-15-42-16-14-38/h4-12,17-19H,13-16H2,1-3H3,(H3,32,33,34,35,36). The van der Waals surface area contributed by atoms with Gasteiger partial charge in [-0.2, -0.15) is 9.97 Å². The number of morpholine rings is 1. The Balaban J connectivity index is 1.44. The Bertz CT molecular complexity index is 1860. The number of benzene rings is 2. The van der Waals surface area contributed by atoms with Crippen LogP contribution in [0.5, 0.6) is 5.75 Å². The van der Waals surface area contributed by atoms with Gasteiger partial charge in [0.15, 0.2) is 0 Å². The molecule has 0 saturated carbocycles. The van der Waals surface area contributed by atoms with E-state index in [1.807, 2.05) is 36.5 Å². The smallest absolute Gasteiger partial charge is 0.244 e. The number of hydrogen-bond donors (Lipinski definition) is 3. The first-order chi connectivity index (χ1) is 20.8. The van der Waals surface area contributed by atoms with Gasteiger partial charge in [0.2, 0.25) is 16.0 Å². The highest BCUT2D eigenvalue weighted by molar-refractivity contribution is 7.89. The van der Waals surface area contributed by atoms with Crippen molar-refractivity contribution in [2.75, 3.05) is 63.0 Å². The number of pyridine rings is 1. The Labute approximate surface area is 249 Å². The molecule has 1 aliphatic rings. The van der Waals surface area contributed by atoms with Crippen molar-refractivity contribution in [2.24, 2.45) is 0 Å². The van der Waals surface area contributed by atoms with Gasteiger partial charge in [-0.05, 0) is 30.3 Å². The minimum absolute atomic E-state index is 0.125. The number of nitrogens with one attached hydrogen (secondary N) is 3. The largest absolute Gasteiger partial charge is 0.494 e. The first-order valence-corrected chi connectivity index (χ1v) is 15.1. The topological polar surface area (TPSA) is 138 Å². The molecule has 222 valence electrons. The molecule has 12 nitrogen and oxygen atoms in total. The fourth-order valence-electron chi connectivity index (χ4n) is 4.97. The summed E-state index contributed by atoms with van der Waals surface area (Å²) < 4.78 is 38.7. The third-order valence-corrected chi connectivity index (χ3v) is 9.08. The SMILES string of the molecule is COc1cc(N2CCOCC2)ccc1Nc1nc(Nc2ccccc2S(=O)(=O)N(C)C)c2c(-c3cccnc3)c[nH]c2n1. The highest BCUT2D eigenvalue weighted by Crippen LogP contribution is 2.37. The summed E-state index contributed by atoms with van der Waals surface area (Å²) in [6, 6.07) is 16.5. The average Bonchev–Trinajstić information content (AvgIpc) is 3.46. The molecule has 43 heavy (non-hydrogen) atoms. The maximum Gasteiger partial charge on any atom is 0.244 e. The van der Waals surface area contributed by atoms with Gasteiger partial charge in [0.25, 0.3) is 0 Å². The zero-order chi connectivity index (χ0) is 30.0. The fourth-order valence-corrected chi connectivity index (χ4v) is 6.01. The van der Waals surface area contributed by atoms with Crippen molar-refractivity contribution in [3.8, 4) is 16.9 Å². The van der Waals surface area contributed by atoms with Crippen molar-refractivity contribution in [3.05, 3.63) is 73.2 Å². The maximum absolute atomic E-state index is 13.2. The van der Waals surface area contributed by atoms with Gasteiger partial charge in [0.1, 0.15) is 22.1 Å². The number of H-pyrrole nitrogens is 1. The molecule has 0 aliphatic carbocycles. The number of anilines is 5. The molecular weight excluding hydrogens is 568 g/mol. The minimum Gasteiger partial charge on any atom is -0.494 e. The van der Waals surface area contributed by atoms with Gasteiger partial charge in [-0.1, -0.05) is 18.2 Å². The second-order valence-electron chi connectivity index (χ2n) is 10.1. The molecule has 0 radical (unpaired) electrons. The summed E-state index contributed by atoms with van der Waals surface area (Å²) in [4.78, 5) is 19.5. The maximum atomic E-state index is 13.2. The van der Waals surface area contributed by atoms with Gasteiger partial charge in [-0.25, -0.2) is 12.7 Å². The monoisotopic (exact) mass is 600 g/mol. The highest BCUT2D eigenvalue weighted by Gasteiger charge is 2.23. The predicted octanol–water partition coefficient (Wildman–Crippen LogP) is 4.60. The van der Waals surface area contributed by atoms with E-state index in [0.717, 1.165) is 29.9 Å². The molecule has 0 unspecified atom stereocenters. The summed E-state index contributed by atoms with van der Waals surface area (Å²) >= 11 is 0. The molecule has 0 bridgehead atoms. The molecule has 1 aliphatic heterocycles. The molecule has 3 aromatic heterocycles. The number of fused-ring (bicyclic) bond motifs is 1. The van der Waals surface area contributed by atoms with Crippen LogP contribution in [0.1, 0.15) is 0 Å². The number of para-hydroxylation sites is 1. The van der Waals surface area contributed by atoms with Crippen molar-refractivity contribution in [2.45, 2.75) is 4.90 Å². The molecule has 6 rings (SSSR count). The number of aromatic nitrogens is 4. The number of ether oxygens (including phenoxy) is 2. The number of nitrogens with zero attached hydrogens (tertiary/aromatic N) is 5. The van der Waals surface area contributed by atoms with Crippen LogP contribution < -0.4 is 20.3 Å². The van der Waals surface area contributed by atoms with Crippen LogP contribution in [0.15, 0.2) is 78.1 Å². The third kappa shape index (κ3) is 5.69. The van der Waals surface area contributed by atoms with Crippen molar-refractivity contribution >= 4 is 49.9 Å². The van der Waals surface area contributed by atoms with Gasteiger partial charge in [-0.15, -0.1) is 0 Å². The van der Waals surface area contributed by atoms with Gasteiger partial charge in [0, 0.05) is 68.7 Å². The number of aromatic amines is 1. The Morgan fingerprint density at radius 1 is 1.00 bits per heavy atom. The van der Waals surface area contributed by atoms with Crippen LogP contribution in [0.25, 0.3) is 22.2 Å². The highest BCUT2D eigenvalue weighted by atomic mass is 32.2. The normalized spacial score (nSPS) is 13.8. The summed E-state index contributed by atoms with van der Waals surface area (Å²) in [6.45, 7) is 2.98. The number of hydrogen-bond acceptors (Lipinski definition) is 10. The molecule has 3 N–H and O–H groups in total. The van der Waals surface area contributed by atoms with Crippen molar-refractivity contribution in [1.29, 1.82) is 0 Å². The Morgan fingerprint density at radius 2 is 1.81 bits per heavy atom. The van der Waals surface area contributed by atoms with E-state index in [1.54, 1.807) is 43.8 Å². The number of sulfonamides is 1. The minimum atomic E-state index is -3.75. The van der Waals surface area contributed by atoms with Crippen LogP contribution in [0, 0.1) is 0 Å². The second-order valence-corrected chi connectivity index (χ2v) is 12.2. The van der Waals surface area contributed by atoms with E-state index < -0.39 is 10.0 Å². The Morgan fingerprint density at radius 3 is 2.56 bits per heavy atom. The predicted molar refractivity (Wildman–Crippen MR) is 167 cm³/mol. The van der Waals surface area contributed by atoms with E-state index in [9.17, 15) is 8.42 Å². The summed E-state index contributed by atoms with van der Waals surface area (Å²) in [5.41, 5.74) is 4.32. The van der Waals surface area contributed by atoms with Gasteiger partial charge in [-0.3, -0.25) is 4.98 Å². The molecule has 1 saturated heterocycles. The molecule has 2 aromatic carbocycles. The molecule has 0 atom stereocenters. The summed E-state index contributed by atoms with van der Waals surface area (Å²) in [7, 11) is 0.876. The lowest BCUT2D eigenvalue weighted by atomic mass is 10.1. The van der Waals surface area contributed by atoms with Crippen LogP contribution in [0.4, 0.5) is 28.8 Å². The van der Waals surface area contributed by atoms with Crippen LogP contribution in [-0.2, 0) is 14.8 Å². The van der Waals surface area contributed by atoms with Gasteiger partial charge < -0.3 is 30.0 Å². The van der Waals surface area contributed by atoms with Crippen LogP contribution in [0.2, 0.25) is 0 Å². The molecule has 13 heteroatoms. The number of rotatable bonds is 9. The van der Waals surface area contributed by atoms with E-state index in [4.69, 9.17) is 19.4 Å². The van der Waals surface area contributed by atoms with Crippen LogP contribution in [-0.4, -0.2) is 80.2 Å². The fraction of sp³-hybridized carbons (Fsp3) is 0.233. The van der Waals surface area contributed by atoms with Crippen molar-refractivity contribution < 1.29 is 17.9 Å². The molecular formula is C30H32N8O4S. The Hall–Kier alpha value is -4.72. The van der Waals surface area contributed by atoms with Crippen LogP contribution >= 0.6 is 0 Å². The molecule has 0 amide bonds. The van der Waals surface area contributed by atoms with Gasteiger partial charge in [0.05, 0.1) is 37.1 Å². The lowest BCUT2D eigenvalue weighted by molar-refractivity contribution is 0.122. The molecule has 1 fully saturated rings. The molecule has 4 heterocycles. The summed E-state index contributed by atoms with van der Waals surface area (Å²) in [6.07, 6.45) is 5.30. The van der Waals surface area contributed by atoms with E-state index >= 15 is 0 Å². The summed E-state index contributed by atoms with van der Waals surface area (Å²) in [5, 5.41) is 7.27. The second kappa shape index (κ2) is 11.9. The van der Waals surface area contributed by atoms with E-state index in [0.29, 0.717) is 53.1 Å². The first-order valence-electron chi connectivity index (χ1n) is 13.7. The molecule has 0 spiro atoms. The van der Waals surface area contributed by atoms with E-state index in [-0.39, 0.29) is 4.90 Å². The third-order valence-electron chi connectivity index (χ3n) is 7.21. The van der Waals surface area contributed by atoms with Crippen molar-refractivity contribution in [1.82, 2.24) is 24.2 Å².